The molecule has 6 nitrogen and oxygen atoms in total. The number of aromatic nitrogens is 1. The number of hydrogen-bond acceptors (Lipinski definition) is 4. The molecule has 1 aromatic heterocycles. The summed E-state index contributed by atoms with van der Waals surface area (Å²) in [6, 6.07) is 7.87. The molecule has 1 amide bonds. The van der Waals surface area contributed by atoms with Crippen LogP contribution in [0.1, 0.15) is 22.8 Å². The number of aryl methyl sites for hydroxylation is 1. The van der Waals surface area contributed by atoms with Crippen LogP contribution < -0.4 is 5.32 Å². The molecular weight excluding hydrogens is 316 g/mol. The van der Waals surface area contributed by atoms with Gasteiger partial charge in [0.1, 0.15) is 0 Å². The summed E-state index contributed by atoms with van der Waals surface area (Å²) in [5, 5.41) is 2.74. The maximum Gasteiger partial charge on any atom is 0.267 e. The third kappa shape index (κ3) is 4.00. The maximum absolute atomic E-state index is 12.5. The minimum absolute atomic E-state index is 0.162. The maximum atomic E-state index is 12.5. The minimum Gasteiger partial charge on any atom is -0.383 e. The molecule has 1 heterocycles. The van der Waals surface area contributed by atoms with Gasteiger partial charge in [-0.15, -0.1) is 0 Å². The molecule has 0 radical (unpaired) electrons. The van der Waals surface area contributed by atoms with E-state index in [0.29, 0.717) is 6.61 Å². The van der Waals surface area contributed by atoms with Crippen LogP contribution in [0.15, 0.2) is 47.6 Å². The Balaban J connectivity index is 2.21. The standard InChI is InChI=1S/C16H20N2O4S/c1-12-4-6-15(7-5-12)23(20,21)18-9-8-14(10-18)16(19)17-13(2)11-22-3/h4-10,13H,11H2,1-3H3,(H,17,19). The van der Waals surface area contributed by atoms with Crippen LogP contribution in [-0.4, -0.2) is 38.1 Å². The first-order chi connectivity index (χ1) is 10.8. The molecule has 0 saturated heterocycles. The zero-order valence-corrected chi connectivity index (χ0v) is 14.1. The summed E-state index contributed by atoms with van der Waals surface area (Å²) in [5.74, 6) is -0.340. The first kappa shape index (κ1) is 17.2. The van der Waals surface area contributed by atoms with E-state index in [1.165, 1.54) is 18.5 Å². The summed E-state index contributed by atoms with van der Waals surface area (Å²) in [6.07, 6.45) is 2.68. The fourth-order valence-corrected chi connectivity index (χ4v) is 3.29. The molecule has 0 bridgehead atoms. The highest BCUT2D eigenvalue weighted by molar-refractivity contribution is 7.90. The van der Waals surface area contributed by atoms with Gasteiger partial charge in [-0.3, -0.25) is 4.79 Å². The van der Waals surface area contributed by atoms with E-state index >= 15 is 0 Å². The van der Waals surface area contributed by atoms with Crippen molar-refractivity contribution in [2.75, 3.05) is 13.7 Å². The lowest BCUT2D eigenvalue weighted by atomic mass is 10.2. The van der Waals surface area contributed by atoms with Gasteiger partial charge < -0.3 is 10.1 Å². The van der Waals surface area contributed by atoms with Gasteiger partial charge in [0.2, 0.25) is 0 Å². The molecule has 2 rings (SSSR count). The van der Waals surface area contributed by atoms with Gasteiger partial charge in [0.05, 0.1) is 17.1 Å². The van der Waals surface area contributed by atoms with Crippen molar-refractivity contribution in [1.82, 2.24) is 9.29 Å². The average molecular weight is 336 g/mol. The van der Waals surface area contributed by atoms with Crippen molar-refractivity contribution in [3.8, 4) is 0 Å². The fraction of sp³-hybridized carbons (Fsp3) is 0.312. The molecule has 7 heteroatoms. The molecule has 0 aliphatic rings. The summed E-state index contributed by atoms with van der Waals surface area (Å²) in [5.41, 5.74) is 1.26. The van der Waals surface area contributed by atoms with E-state index in [-0.39, 0.29) is 22.4 Å². The number of nitrogens with one attached hydrogen (secondary N) is 1. The van der Waals surface area contributed by atoms with Crippen molar-refractivity contribution in [3.63, 3.8) is 0 Å². The van der Waals surface area contributed by atoms with Crippen LogP contribution >= 0.6 is 0 Å². The third-order valence-electron chi connectivity index (χ3n) is 3.32. The Morgan fingerprint density at radius 2 is 1.91 bits per heavy atom. The Kier molecular flexibility index (Phi) is 5.23. The van der Waals surface area contributed by atoms with Gasteiger partial charge in [0.25, 0.3) is 15.9 Å². The molecule has 1 N–H and O–H groups in total. The van der Waals surface area contributed by atoms with Crippen LogP contribution in [0.4, 0.5) is 0 Å². The van der Waals surface area contributed by atoms with Crippen molar-refractivity contribution in [3.05, 3.63) is 53.9 Å². The van der Waals surface area contributed by atoms with E-state index in [0.717, 1.165) is 9.54 Å². The monoisotopic (exact) mass is 336 g/mol. The predicted molar refractivity (Wildman–Crippen MR) is 87.0 cm³/mol. The normalized spacial score (nSPS) is 12.8. The smallest absolute Gasteiger partial charge is 0.267 e. The average Bonchev–Trinajstić information content (AvgIpc) is 2.98. The van der Waals surface area contributed by atoms with Gasteiger partial charge in [0, 0.05) is 25.5 Å². The number of carbonyl (C=O) groups is 1. The number of nitrogens with zero attached hydrogens (tertiary/aromatic N) is 1. The van der Waals surface area contributed by atoms with Crippen molar-refractivity contribution in [2.45, 2.75) is 24.8 Å². The van der Waals surface area contributed by atoms with Gasteiger partial charge in [-0.25, -0.2) is 12.4 Å². The number of amides is 1. The van der Waals surface area contributed by atoms with Crippen molar-refractivity contribution in [1.29, 1.82) is 0 Å². The molecule has 0 fully saturated rings. The number of hydrogen-bond donors (Lipinski definition) is 1. The molecule has 0 spiro atoms. The summed E-state index contributed by atoms with van der Waals surface area (Å²) >= 11 is 0. The van der Waals surface area contributed by atoms with Crippen molar-refractivity contribution in [2.24, 2.45) is 0 Å². The molecule has 1 aromatic carbocycles. The second-order valence-corrected chi connectivity index (χ2v) is 7.22. The Morgan fingerprint density at radius 3 is 2.52 bits per heavy atom. The van der Waals surface area contributed by atoms with E-state index in [1.807, 2.05) is 6.92 Å². The van der Waals surface area contributed by atoms with Gasteiger partial charge in [-0.1, -0.05) is 17.7 Å². The summed E-state index contributed by atoms with van der Waals surface area (Å²) < 4.78 is 31.0. The third-order valence-corrected chi connectivity index (χ3v) is 4.97. The predicted octanol–water partition coefficient (Wildman–Crippen LogP) is 1.80. The molecular formula is C16H20N2O4S. The second-order valence-electron chi connectivity index (χ2n) is 5.38. The minimum atomic E-state index is -3.70. The van der Waals surface area contributed by atoms with Crippen LogP contribution in [0, 0.1) is 6.92 Å². The summed E-state index contributed by atoms with van der Waals surface area (Å²) in [7, 11) is -2.15. The van der Waals surface area contributed by atoms with Gasteiger partial charge >= 0.3 is 0 Å². The largest absolute Gasteiger partial charge is 0.383 e. The Morgan fingerprint density at radius 1 is 1.26 bits per heavy atom. The van der Waals surface area contributed by atoms with Crippen molar-refractivity contribution < 1.29 is 17.9 Å². The van der Waals surface area contributed by atoms with E-state index in [9.17, 15) is 13.2 Å². The number of carbonyl (C=O) groups excluding carboxylic acids is 1. The molecule has 0 saturated carbocycles. The topological polar surface area (TPSA) is 77.4 Å². The number of rotatable bonds is 6. The van der Waals surface area contributed by atoms with E-state index in [4.69, 9.17) is 4.74 Å². The van der Waals surface area contributed by atoms with Gasteiger partial charge in [-0.2, -0.15) is 0 Å². The zero-order valence-electron chi connectivity index (χ0n) is 13.3. The number of benzene rings is 1. The first-order valence-electron chi connectivity index (χ1n) is 7.14. The molecule has 124 valence electrons. The highest BCUT2D eigenvalue weighted by Gasteiger charge is 2.19. The quantitative estimate of drug-likeness (QED) is 0.872. The highest BCUT2D eigenvalue weighted by atomic mass is 32.2. The Labute approximate surface area is 136 Å². The summed E-state index contributed by atoms with van der Waals surface area (Å²) in [4.78, 5) is 12.3. The van der Waals surface area contributed by atoms with E-state index < -0.39 is 10.0 Å². The number of methoxy groups -OCH3 is 1. The molecule has 1 unspecified atom stereocenters. The molecule has 0 aliphatic carbocycles. The van der Waals surface area contributed by atoms with Crippen molar-refractivity contribution >= 4 is 15.9 Å². The zero-order chi connectivity index (χ0) is 17.0. The second kappa shape index (κ2) is 6.97. The van der Waals surface area contributed by atoms with Crippen LogP contribution in [0.5, 0.6) is 0 Å². The van der Waals surface area contributed by atoms with E-state index in [2.05, 4.69) is 5.32 Å². The van der Waals surface area contributed by atoms with Gasteiger partial charge in [-0.05, 0) is 32.0 Å². The lowest BCUT2D eigenvalue weighted by molar-refractivity contribution is 0.0905. The highest BCUT2D eigenvalue weighted by Crippen LogP contribution is 2.16. The molecule has 2 aromatic rings. The van der Waals surface area contributed by atoms with Crippen LogP contribution in [0.25, 0.3) is 0 Å². The Hall–Kier alpha value is -2.12. The van der Waals surface area contributed by atoms with Crippen LogP contribution in [0.2, 0.25) is 0 Å². The van der Waals surface area contributed by atoms with Gasteiger partial charge in [0.15, 0.2) is 0 Å². The lowest BCUT2D eigenvalue weighted by Gasteiger charge is -2.11. The first-order valence-corrected chi connectivity index (χ1v) is 8.58. The molecule has 23 heavy (non-hydrogen) atoms. The molecule has 1 atom stereocenters. The SMILES string of the molecule is COCC(C)NC(=O)c1ccn(S(=O)(=O)c2ccc(C)cc2)c1. The van der Waals surface area contributed by atoms with Crippen LogP contribution in [0.3, 0.4) is 0 Å². The van der Waals surface area contributed by atoms with Crippen LogP contribution in [-0.2, 0) is 14.8 Å². The lowest BCUT2D eigenvalue weighted by Crippen LogP contribution is -2.35. The number of ether oxygens (including phenoxy) is 1. The molecule has 0 aliphatic heterocycles. The fourth-order valence-electron chi connectivity index (χ4n) is 2.09. The Bertz CT molecular complexity index is 779. The summed E-state index contributed by atoms with van der Waals surface area (Å²) in [6.45, 7) is 4.07. The van der Waals surface area contributed by atoms with E-state index in [1.54, 1.807) is 38.3 Å².